The van der Waals surface area contributed by atoms with Gasteiger partial charge in [0.2, 0.25) is 0 Å². The molecular formula is C14H28N2. The van der Waals surface area contributed by atoms with E-state index in [9.17, 15) is 0 Å². The molecule has 0 unspecified atom stereocenters. The minimum absolute atomic E-state index is 0.751. The Morgan fingerprint density at radius 1 is 1.00 bits per heavy atom. The van der Waals surface area contributed by atoms with Crippen molar-refractivity contribution in [2.24, 2.45) is 5.41 Å². The third kappa shape index (κ3) is 3.21. The molecule has 1 N–H and O–H groups in total. The lowest BCUT2D eigenvalue weighted by Gasteiger charge is -2.50. The van der Waals surface area contributed by atoms with Crippen LogP contribution in [0.15, 0.2) is 0 Å². The lowest BCUT2D eigenvalue weighted by molar-refractivity contribution is -0.0104. The molecule has 16 heavy (non-hydrogen) atoms. The second kappa shape index (κ2) is 6.02. The average molecular weight is 224 g/mol. The highest BCUT2D eigenvalue weighted by molar-refractivity contribution is 4.95. The Kier molecular flexibility index (Phi) is 4.66. The summed E-state index contributed by atoms with van der Waals surface area (Å²) in [6.07, 6.45) is 10.2. The molecule has 0 radical (unpaired) electrons. The summed E-state index contributed by atoms with van der Waals surface area (Å²) in [5.74, 6) is 0. The van der Waals surface area contributed by atoms with E-state index in [1.54, 1.807) is 0 Å². The lowest BCUT2D eigenvalue weighted by Crippen LogP contribution is -2.57. The largest absolute Gasteiger partial charge is 0.315 e. The van der Waals surface area contributed by atoms with E-state index in [0.717, 1.165) is 5.41 Å². The van der Waals surface area contributed by atoms with Gasteiger partial charge >= 0.3 is 0 Å². The fourth-order valence-electron chi connectivity index (χ4n) is 3.39. The maximum Gasteiger partial charge on any atom is 0.0107 e. The van der Waals surface area contributed by atoms with Gasteiger partial charge in [-0.3, -0.25) is 0 Å². The van der Waals surface area contributed by atoms with Crippen molar-refractivity contribution in [3.63, 3.8) is 0 Å². The summed E-state index contributed by atoms with van der Waals surface area (Å²) in [7, 11) is 0. The van der Waals surface area contributed by atoms with E-state index >= 15 is 0 Å². The molecule has 94 valence electrons. The predicted octanol–water partition coefficient (Wildman–Crippen LogP) is 2.64. The Balaban J connectivity index is 1.60. The first kappa shape index (κ1) is 12.4. The smallest absolute Gasteiger partial charge is 0.0107 e. The normalized spacial score (nSPS) is 25.3. The average Bonchev–Trinajstić information content (AvgIpc) is 2.48. The Morgan fingerprint density at radius 3 is 2.31 bits per heavy atom. The van der Waals surface area contributed by atoms with Gasteiger partial charge in [0.25, 0.3) is 0 Å². The second-order valence-corrected chi connectivity index (χ2v) is 5.87. The molecule has 0 amide bonds. The quantitative estimate of drug-likeness (QED) is 0.722. The SMILES string of the molecule is CCCNCCN1CC2(CCCCCC2)C1. The zero-order chi connectivity index (χ0) is 11.3. The maximum atomic E-state index is 3.50. The van der Waals surface area contributed by atoms with E-state index in [2.05, 4.69) is 17.1 Å². The van der Waals surface area contributed by atoms with Gasteiger partial charge < -0.3 is 10.2 Å². The van der Waals surface area contributed by atoms with Gasteiger partial charge in [-0.1, -0.05) is 32.6 Å². The first-order chi connectivity index (χ1) is 7.85. The summed E-state index contributed by atoms with van der Waals surface area (Å²) in [6, 6.07) is 0. The van der Waals surface area contributed by atoms with Crippen LogP contribution >= 0.6 is 0 Å². The number of rotatable bonds is 5. The van der Waals surface area contributed by atoms with Crippen LogP contribution in [0, 0.1) is 5.41 Å². The van der Waals surface area contributed by atoms with E-state index in [0.29, 0.717) is 0 Å². The molecule has 2 heteroatoms. The highest BCUT2D eigenvalue weighted by Crippen LogP contribution is 2.42. The second-order valence-electron chi connectivity index (χ2n) is 5.87. The summed E-state index contributed by atoms with van der Waals surface area (Å²) in [5, 5.41) is 3.50. The zero-order valence-electron chi connectivity index (χ0n) is 10.9. The summed E-state index contributed by atoms with van der Waals surface area (Å²) in [6.45, 7) is 8.64. The van der Waals surface area contributed by atoms with Crippen LogP contribution in [0.3, 0.4) is 0 Å². The lowest BCUT2D eigenvalue weighted by atomic mass is 9.73. The van der Waals surface area contributed by atoms with Crippen LogP contribution in [-0.4, -0.2) is 37.6 Å². The molecule has 1 aliphatic heterocycles. The first-order valence-electron chi connectivity index (χ1n) is 7.28. The van der Waals surface area contributed by atoms with Gasteiger partial charge in [0.05, 0.1) is 0 Å². The van der Waals surface area contributed by atoms with E-state index < -0.39 is 0 Å². The fourth-order valence-corrected chi connectivity index (χ4v) is 3.39. The Labute approximate surface area is 101 Å². The van der Waals surface area contributed by atoms with Gasteiger partial charge in [-0.25, -0.2) is 0 Å². The Hall–Kier alpha value is -0.0800. The fraction of sp³-hybridized carbons (Fsp3) is 1.00. The van der Waals surface area contributed by atoms with E-state index in [1.165, 1.54) is 77.7 Å². The number of nitrogens with one attached hydrogen (secondary N) is 1. The van der Waals surface area contributed by atoms with Gasteiger partial charge in [0.1, 0.15) is 0 Å². The van der Waals surface area contributed by atoms with Crippen molar-refractivity contribution in [2.45, 2.75) is 51.9 Å². The van der Waals surface area contributed by atoms with Crippen molar-refractivity contribution in [3.8, 4) is 0 Å². The molecule has 1 aliphatic carbocycles. The van der Waals surface area contributed by atoms with Gasteiger partial charge in [0.15, 0.2) is 0 Å². The minimum Gasteiger partial charge on any atom is -0.315 e. The minimum atomic E-state index is 0.751. The van der Waals surface area contributed by atoms with E-state index in [-0.39, 0.29) is 0 Å². The summed E-state index contributed by atoms with van der Waals surface area (Å²) >= 11 is 0. The molecule has 2 nitrogen and oxygen atoms in total. The third-order valence-electron chi connectivity index (χ3n) is 4.31. The van der Waals surface area contributed by atoms with Gasteiger partial charge in [-0.05, 0) is 31.2 Å². The first-order valence-corrected chi connectivity index (χ1v) is 7.28. The number of hydrogen-bond donors (Lipinski definition) is 1. The van der Waals surface area contributed by atoms with E-state index in [4.69, 9.17) is 0 Å². The molecule has 0 aromatic rings. The Morgan fingerprint density at radius 2 is 1.69 bits per heavy atom. The number of hydrogen-bond acceptors (Lipinski definition) is 2. The molecule has 0 bridgehead atoms. The monoisotopic (exact) mass is 224 g/mol. The molecule has 2 aliphatic rings. The molecule has 2 rings (SSSR count). The molecule has 1 heterocycles. The summed E-state index contributed by atoms with van der Waals surface area (Å²) in [5.41, 5.74) is 0.751. The van der Waals surface area contributed by atoms with E-state index in [1.807, 2.05) is 0 Å². The molecule has 0 aromatic carbocycles. The van der Waals surface area contributed by atoms with Crippen molar-refractivity contribution in [2.75, 3.05) is 32.7 Å². The topological polar surface area (TPSA) is 15.3 Å². The molecule has 1 saturated carbocycles. The van der Waals surface area contributed by atoms with Crippen LogP contribution in [0.4, 0.5) is 0 Å². The van der Waals surface area contributed by atoms with Crippen molar-refractivity contribution in [3.05, 3.63) is 0 Å². The number of nitrogens with zero attached hydrogens (tertiary/aromatic N) is 1. The predicted molar refractivity (Wildman–Crippen MR) is 69.7 cm³/mol. The van der Waals surface area contributed by atoms with Crippen molar-refractivity contribution < 1.29 is 0 Å². The highest BCUT2D eigenvalue weighted by atomic mass is 15.2. The Bertz CT molecular complexity index is 187. The van der Waals surface area contributed by atoms with Gasteiger partial charge in [-0.2, -0.15) is 0 Å². The van der Waals surface area contributed by atoms with Crippen LogP contribution in [0.25, 0.3) is 0 Å². The molecule has 1 spiro atoms. The van der Waals surface area contributed by atoms with Crippen LogP contribution in [0.5, 0.6) is 0 Å². The molecular weight excluding hydrogens is 196 g/mol. The molecule has 0 aromatic heterocycles. The molecule has 1 saturated heterocycles. The van der Waals surface area contributed by atoms with Crippen molar-refractivity contribution >= 4 is 0 Å². The standard InChI is InChI=1S/C14H28N2/c1-2-9-15-10-11-16-12-14(13-16)7-5-3-4-6-8-14/h15H,2-13H2,1H3. The maximum absolute atomic E-state index is 3.50. The van der Waals surface area contributed by atoms with Crippen LogP contribution in [-0.2, 0) is 0 Å². The third-order valence-corrected chi connectivity index (χ3v) is 4.31. The summed E-state index contributed by atoms with van der Waals surface area (Å²) < 4.78 is 0. The van der Waals surface area contributed by atoms with Crippen molar-refractivity contribution in [1.82, 2.24) is 10.2 Å². The summed E-state index contributed by atoms with van der Waals surface area (Å²) in [4.78, 5) is 2.65. The van der Waals surface area contributed by atoms with Gasteiger partial charge in [-0.15, -0.1) is 0 Å². The van der Waals surface area contributed by atoms with Gasteiger partial charge in [0, 0.05) is 26.2 Å². The molecule has 2 fully saturated rings. The highest BCUT2D eigenvalue weighted by Gasteiger charge is 2.41. The van der Waals surface area contributed by atoms with Crippen molar-refractivity contribution in [1.29, 1.82) is 0 Å². The van der Waals surface area contributed by atoms with Crippen LogP contribution in [0.1, 0.15) is 51.9 Å². The zero-order valence-corrected chi connectivity index (χ0v) is 10.9. The number of likely N-dealkylation sites (tertiary alicyclic amines) is 1. The van der Waals surface area contributed by atoms with Crippen LogP contribution < -0.4 is 5.32 Å². The molecule has 0 atom stereocenters. The van der Waals surface area contributed by atoms with Crippen LogP contribution in [0.2, 0.25) is 0 Å².